The number of anilines is 1. The third kappa shape index (κ3) is 5.57. The van der Waals surface area contributed by atoms with Gasteiger partial charge in [0, 0.05) is 5.69 Å². The maximum absolute atomic E-state index is 12.0. The standard InChI is InChI=1S/C14H13F2N3O2S/c15-13(16)22-9-12-7-6-11(21-12)8-17-19-14(20)18-10-4-2-1-3-5-10/h1-8,13H,9H2,(H2,18,19,20)/b17-8-. The van der Waals surface area contributed by atoms with Gasteiger partial charge in [-0.25, -0.2) is 10.2 Å². The molecule has 0 aliphatic heterocycles. The van der Waals surface area contributed by atoms with E-state index in [1.807, 2.05) is 6.07 Å². The van der Waals surface area contributed by atoms with Gasteiger partial charge < -0.3 is 9.73 Å². The number of benzene rings is 1. The molecule has 8 heteroatoms. The van der Waals surface area contributed by atoms with Crippen LogP contribution in [0.5, 0.6) is 0 Å². The number of hydrogen-bond acceptors (Lipinski definition) is 4. The first-order chi connectivity index (χ1) is 10.6. The number of carbonyl (C=O) groups is 1. The molecule has 0 atom stereocenters. The molecule has 2 rings (SSSR count). The number of nitrogens with one attached hydrogen (secondary N) is 2. The van der Waals surface area contributed by atoms with Crippen molar-refractivity contribution >= 4 is 29.7 Å². The number of rotatable bonds is 6. The van der Waals surface area contributed by atoms with E-state index in [0.29, 0.717) is 29.0 Å². The zero-order chi connectivity index (χ0) is 15.8. The molecule has 0 aliphatic carbocycles. The average molecular weight is 325 g/mol. The lowest BCUT2D eigenvalue weighted by atomic mass is 10.3. The largest absolute Gasteiger partial charge is 0.459 e. The molecular weight excluding hydrogens is 312 g/mol. The van der Waals surface area contributed by atoms with Crippen molar-refractivity contribution in [3.8, 4) is 0 Å². The Morgan fingerprint density at radius 2 is 2.05 bits per heavy atom. The number of hydrogen-bond donors (Lipinski definition) is 2. The van der Waals surface area contributed by atoms with E-state index in [1.54, 1.807) is 36.4 Å². The fourth-order valence-corrected chi connectivity index (χ4v) is 1.97. The predicted molar refractivity (Wildman–Crippen MR) is 82.2 cm³/mol. The SMILES string of the molecule is O=C(N/N=C\c1ccc(CSC(F)F)o1)Nc1ccccc1. The van der Waals surface area contributed by atoms with Crippen molar-refractivity contribution in [3.05, 3.63) is 54.0 Å². The highest BCUT2D eigenvalue weighted by Gasteiger charge is 2.06. The van der Waals surface area contributed by atoms with Crippen molar-refractivity contribution in [3.63, 3.8) is 0 Å². The van der Waals surface area contributed by atoms with Crippen molar-refractivity contribution in [2.75, 3.05) is 5.32 Å². The van der Waals surface area contributed by atoms with Crippen LogP contribution in [0.1, 0.15) is 11.5 Å². The fraction of sp³-hybridized carbons (Fsp3) is 0.143. The summed E-state index contributed by atoms with van der Waals surface area (Å²) >= 11 is 0.476. The Morgan fingerprint density at radius 3 is 2.77 bits per heavy atom. The van der Waals surface area contributed by atoms with Gasteiger partial charge in [-0.3, -0.25) is 0 Å². The molecule has 2 N–H and O–H groups in total. The molecule has 0 spiro atoms. The second kappa shape index (κ2) is 8.18. The summed E-state index contributed by atoms with van der Waals surface area (Å²) in [4.78, 5) is 11.5. The monoisotopic (exact) mass is 325 g/mol. The van der Waals surface area contributed by atoms with Crippen LogP contribution < -0.4 is 10.7 Å². The van der Waals surface area contributed by atoms with Gasteiger partial charge in [0.05, 0.1) is 12.0 Å². The van der Waals surface area contributed by atoms with Gasteiger partial charge in [0.1, 0.15) is 11.5 Å². The average Bonchev–Trinajstić information content (AvgIpc) is 2.94. The van der Waals surface area contributed by atoms with Crippen LogP contribution in [0.2, 0.25) is 0 Å². The molecule has 2 aromatic rings. The van der Waals surface area contributed by atoms with Crippen molar-refractivity contribution in [2.24, 2.45) is 5.10 Å². The summed E-state index contributed by atoms with van der Waals surface area (Å²) in [5.41, 5.74) is 2.91. The van der Waals surface area contributed by atoms with Crippen LogP contribution in [0.15, 0.2) is 52.0 Å². The molecule has 5 nitrogen and oxygen atoms in total. The van der Waals surface area contributed by atoms with Gasteiger partial charge in [-0.05, 0) is 24.3 Å². The summed E-state index contributed by atoms with van der Waals surface area (Å²) in [7, 11) is 0. The van der Waals surface area contributed by atoms with Gasteiger partial charge in [-0.2, -0.15) is 13.9 Å². The lowest BCUT2D eigenvalue weighted by molar-refractivity contribution is 0.251. The van der Waals surface area contributed by atoms with Crippen LogP contribution in [0, 0.1) is 0 Å². The summed E-state index contributed by atoms with van der Waals surface area (Å²) in [6, 6.07) is 11.6. The minimum absolute atomic E-state index is 0.0768. The first-order valence-corrected chi connectivity index (χ1v) is 7.32. The molecule has 0 fully saturated rings. The van der Waals surface area contributed by atoms with Crippen LogP contribution in [0.3, 0.4) is 0 Å². The van der Waals surface area contributed by atoms with Gasteiger partial charge in [-0.15, -0.1) is 0 Å². The smallest absolute Gasteiger partial charge is 0.339 e. The van der Waals surface area contributed by atoms with E-state index in [9.17, 15) is 13.6 Å². The Hall–Kier alpha value is -2.35. The van der Waals surface area contributed by atoms with Crippen molar-refractivity contribution in [1.82, 2.24) is 5.43 Å². The van der Waals surface area contributed by atoms with Gasteiger partial charge in [0.25, 0.3) is 5.76 Å². The first-order valence-electron chi connectivity index (χ1n) is 6.27. The fourth-order valence-electron chi connectivity index (χ4n) is 1.52. The Kier molecular flexibility index (Phi) is 5.96. The van der Waals surface area contributed by atoms with E-state index >= 15 is 0 Å². The maximum atomic E-state index is 12.0. The number of furan rings is 1. The van der Waals surface area contributed by atoms with Crippen LogP contribution >= 0.6 is 11.8 Å². The van der Waals surface area contributed by atoms with Crippen molar-refractivity contribution in [1.29, 1.82) is 0 Å². The highest BCUT2D eigenvalue weighted by Crippen LogP contribution is 2.20. The van der Waals surface area contributed by atoms with E-state index in [-0.39, 0.29) is 5.75 Å². The van der Waals surface area contributed by atoms with Crippen molar-refractivity contribution in [2.45, 2.75) is 11.5 Å². The summed E-state index contributed by atoms with van der Waals surface area (Å²) in [6.07, 6.45) is 1.29. The summed E-state index contributed by atoms with van der Waals surface area (Å²) in [6.45, 7) is 0. The van der Waals surface area contributed by atoms with Gasteiger partial charge >= 0.3 is 6.03 Å². The molecule has 1 aromatic carbocycles. The van der Waals surface area contributed by atoms with E-state index in [4.69, 9.17) is 4.42 Å². The van der Waals surface area contributed by atoms with Crippen LogP contribution in [-0.2, 0) is 5.75 Å². The highest BCUT2D eigenvalue weighted by molar-refractivity contribution is 7.98. The third-order valence-corrected chi connectivity index (χ3v) is 3.13. The number of thioether (sulfide) groups is 1. The van der Waals surface area contributed by atoms with Gasteiger partial charge in [-0.1, -0.05) is 30.0 Å². The Balaban J connectivity index is 1.78. The number of carbonyl (C=O) groups excluding carboxylic acids is 1. The van der Waals surface area contributed by atoms with E-state index < -0.39 is 11.8 Å². The second-order valence-corrected chi connectivity index (χ2v) is 5.04. The summed E-state index contributed by atoms with van der Waals surface area (Å²) in [5, 5.41) is 6.30. The summed E-state index contributed by atoms with van der Waals surface area (Å²) < 4.78 is 29.3. The van der Waals surface area contributed by atoms with Gasteiger partial charge in [0.2, 0.25) is 0 Å². The number of amides is 2. The molecule has 116 valence electrons. The first kappa shape index (κ1) is 16.0. The predicted octanol–water partition coefficient (Wildman–Crippen LogP) is 3.89. The van der Waals surface area contributed by atoms with Crippen LogP contribution in [-0.4, -0.2) is 18.0 Å². The van der Waals surface area contributed by atoms with Crippen LogP contribution in [0.4, 0.5) is 19.3 Å². The molecule has 0 unspecified atom stereocenters. The van der Waals surface area contributed by atoms with E-state index in [2.05, 4.69) is 15.8 Å². The zero-order valence-corrected chi connectivity index (χ0v) is 12.1. The minimum Gasteiger partial charge on any atom is -0.459 e. The molecule has 22 heavy (non-hydrogen) atoms. The molecule has 0 bridgehead atoms. The van der Waals surface area contributed by atoms with Gasteiger partial charge in [0.15, 0.2) is 0 Å². The molecule has 1 aromatic heterocycles. The quantitative estimate of drug-likeness (QED) is 0.625. The molecule has 0 saturated heterocycles. The number of hydrazone groups is 1. The molecule has 1 heterocycles. The Bertz CT molecular complexity index is 632. The Morgan fingerprint density at radius 1 is 1.27 bits per heavy atom. The Labute approximate surface area is 129 Å². The lowest BCUT2D eigenvalue weighted by Crippen LogP contribution is -2.24. The normalized spacial score (nSPS) is 11.0. The molecule has 0 radical (unpaired) electrons. The third-order valence-electron chi connectivity index (χ3n) is 2.42. The molecule has 2 amide bonds. The minimum atomic E-state index is -2.44. The molecule has 0 aliphatic rings. The lowest BCUT2D eigenvalue weighted by Gasteiger charge is -2.02. The van der Waals surface area contributed by atoms with E-state index in [1.165, 1.54) is 6.21 Å². The topological polar surface area (TPSA) is 66.6 Å². The number of alkyl halides is 2. The van der Waals surface area contributed by atoms with Crippen LogP contribution in [0.25, 0.3) is 0 Å². The van der Waals surface area contributed by atoms with Crippen molar-refractivity contribution < 1.29 is 18.0 Å². The number of nitrogens with zero attached hydrogens (tertiary/aromatic N) is 1. The molecular formula is C14H13F2N3O2S. The second-order valence-electron chi connectivity index (χ2n) is 4.07. The number of para-hydroxylation sites is 1. The zero-order valence-electron chi connectivity index (χ0n) is 11.3. The molecule has 0 saturated carbocycles. The number of urea groups is 1. The number of halogens is 2. The highest BCUT2D eigenvalue weighted by atomic mass is 32.2. The maximum Gasteiger partial charge on any atom is 0.339 e. The van der Waals surface area contributed by atoms with E-state index in [0.717, 1.165) is 0 Å². The summed E-state index contributed by atoms with van der Waals surface area (Å²) in [5.74, 6) is -1.58.